The lowest BCUT2D eigenvalue weighted by Crippen LogP contribution is -2.38. The van der Waals surface area contributed by atoms with E-state index in [0.717, 1.165) is 0 Å². The highest BCUT2D eigenvalue weighted by Crippen LogP contribution is 2.00. The van der Waals surface area contributed by atoms with Crippen molar-refractivity contribution in [2.45, 2.75) is 19.9 Å². The average Bonchev–Trinajstić information content (AvgIpc) is 1.97. The molecule has 0 aliphatic heterocycles. The molecular formula is C8H18FNO. The van der Waals surface area contributed by atoms with Crippen LogP contribution in [0.15, 0.2) is 0 Å². The van der Waals surface area contributed by atoms with Crippen molar-refractivity contribution < 1.29 is 9.13 Å². The first-order valence-corrected chi connectivity index (χ1v) is 4.00. The molecule has 0 heterocycles. The van der Waals surface area contributed by atoms with E-state index in [4.69, 9.17) is 4.74 Å². The smallest absolute Gasteiger partial charge is 0.102 e. The summed E-state index contributed by atoms with van der Waals surface area (Å²) >= 11 is 0. The summed E-state index contributed by atoms with van der Waals surface area (Å²) in [6, 6.07) is 0.274. The van der Waals surface area contributed by atoms with Gasteiger partial charge >= 0.3 is 0 Å². The van der Waals surface area contributed by atoms with Crippen LogP contribution in [0.2, 0.25) is 0 Å². The van der Waals surface area contributed by atoms with Crippen molar-refractivity contribution in [3.05, 3.63) is 0 Å². The van der Waals surface area contributed by atoms with Gasteiger partial charge in [-0.25, -0.2) is 4.39 Å². The van der Waals surface area contributed by atoms with E-state index in [2.05, 4.69) is 19.2 Å². The summed E-state index contributed by atoms with van der Waals surface area (Å²) in [6.45, 7) is 4.95. The zero-order valence-corrected chi connectivity index (χ0v) is 7.56. The third-order valence-corrected chi connectivity index (χ3v) is 1.65. The summed E-state index contributed by atoms with van der Waals surface area (Å²) in [7, 11) is 1.66. The van der Waals surface area contributed by atoms with Gasteiger partial charge in [-0.3, -0.25) is 0 Å². The second-order valence-corrected chi connectivity index (χ2v) is 2.95. The molecule has 0 bridgehead atoms. The fraction of sp³-hybridized carbons (Fsp3) is 1.00. The third kappa shape index (κ3) is 5.16. The predicted octanol–water partition coefficient (Wildman–Crippen LogP) is 1.22. The van der Waals surface area contributed by atoms with Crippen molar-refractivity contribution in [1.29, 1.82) is 0 Å². The topological polar surface area (TPSA) is 21.3 Å². The molecule has 1 N–H and O–H groups in total. The van der Waals surface area contributed by atoms with E-state index >= 15 is 0 Å². The Morgan fingerprint density at radius 2 is 2.09 bits per heavy atom. The van der Waals surface area contributed by atoms with Crippen molar-refractivity contribution in [2.75, 3.05) is 26.9 Å². The van der Waals surface area contributed by atoms with Crippen molar-refractivity contribution in [3.63, 3.8) is 0 Å². The summed E-state index contributed by atoms with van der Waals surface area (Å²) < 4.78 is 16.7. The second-order valence-electron chi connectivity index (χ2n) is 2.95. The molecule has 2 nitrogen and oxygen atoms in total. The van der Waals surface area contributed by atoms with E-state index in [9.17, 15) is 4.39 Å². The summed E-state index contributed by atoms with van der Waals surface area (Å²) in [5.74, 6) is 0.487. The van der Waals surface area contributed by atoms with Crippen LogP contribution in [-0.2, 0) is 4.74 Å². The minimum Gasteiger partial charge on any atom is -0.383 e. The van der Waals surface area contributed by atoms with Crippen molar-refractivity contribution in [2.24, 2.45) is 5.92 Å². The third-order valence-electron chi connectivity index (χ3n) is 1.65. The normalized spacial score (nSPS) is 13.9. The minimum absolute atomic E-state index is 0.274. The number of methoxy groups -OCH3 is 1. The number of halogens is 1. The SMILES string of the molecule is COCC(NCCF)C(C)C. The highest BCUT2D eigenvalue weighted by Gasteiger charge is 2.10. The highest BCUT2D eigenvalue weighted by molar-refractivity contribution is 4.68. The molecule has 3 heteroatoms. The largest absolute Gasteiger partial charge is 0.383 e. The average molecular weight is 163 g/mol. The maximum Gasteiger partial charge on any atom is 0.102 e. The van der Waals surface area contributed by atoms with Crippen LogP contribution in [0, 0.1) is 5.92 Å². The fourth-order valence-corrected chi connectivity index (χ4v) is 0.907. The number of hydrogen-bond donors (Lipinski definition) is 1. The van der Waals surface area contributed by atoms with Gasteiger partial charge in [0.1, 0.15) is 6.67 Å². The number of ether oxygens (including phenoxy) is 1. The first kappa shape index (κ1) is 10.8. The highest BCUT2D eigenvalue weighted by atomic mass is 19.1. The maximum atomic E-state index is 11.8. The molecule has 0 aromatic rings. The van der Waals surface area contributed by atoms with Crippen molar-refractivity contribution in [1.82, 2.24) is 5.32 Å². The maximum absolute atomic E-state index is 11.8. The number of hydrogen-bond acceptors (Lipinski definition) is 2. The van der Waals surface area contributed by atoms with Crippen molar-refractivity contribution in [3.8, 4) is 0 Å². The molecule has 0 amide bonds. The zero-order chi connectivity index (χ0) is 8.69. The number of nitrogens with one attached hydrogen (secondary N) is 1. The van der Waals surface area contributed by atoms with Crippen LogP contribution >= 0.6 is 0 Å². The lowest BCUT2D eigenvalue weighted by Gasteiger charge is -2.20. The van der Waals surface area contributed by atoms with Crippen LogP contribution < -0.4 is 5.32 Å². The van der Waals surface area contributed by atoms with Gasteiger partial charge in [-0.15, -0.1) is 0 Å². The van der Waals surface area contributed by atoms with E-state index in [-0.39, 0.29) is 12.7 Å². The predicted molar refractivity (Wildman–Crippen MR) is 44.5 cm³/mol. The van der Waals surface area contributed by atoms with Gasteiger partial charge in [0.2, 0.25) is 0 Å². The Balaban J connectivity index is 3.51. The molecule has 0 saturated carbocycles. The lowest BCUT2D eigenvalue weighted by molar-refractivity contribution is 0.146. The number of rotatable bonds is 6. The number of alkyl halides is 1. The fourth-order valence-electron chi connectivity index (χ4n) is 0.907. The van der Waals surface area contributed by atoms with Gasteiger partial charge in [-0.05, 0) is 5.92 Å². The lowest BCUT2D eigenvalue weighted by atomic mass is 10.1. The molecule has 0 fully saturated rings. The Labute approximate surface area is 68.1 Å². The van der Waals surface area contributed by atoms with Gasteiger partial charge in [0.05, 0.1) is 6.61 Å². The molecular weight excluding hydrogens is 145 g/mol. The van der Waals surface area contributed by atoms with E-state index in [0.29, 0.717) is 19.1 Å². The monoisotopic (exact) mass is 163 g/mol. The molecule has 0 rings (SSSR count). The van der Waals surface area contributed by atoms with Gasteiger partial charge in [0.25, 0.3) is 0 Å². The Morgan fingerprint density at radius 1 is 1.45 bits per heavy atom. The van der Waals surface area contributed by atoms with Crippen LogP contribution in [0.1, 0.15) is 13.8 Å². The Morgan fingerprint density at radius 3 is 2.45 bits per heavy atom. The van der Waals surface area contributed by atoms with Crippen LogP contribution in [0.25, 0.3) is 0 Å². The molecule has 0 saturated heterocycles. The van der Waals surface area contributed by atoms with Gasteiger partial charge in [0.15, 0.2) is 0 Å². The summed E-state index contributed by atoms with van der Waals surface area (Å²) in [5.41, 5.74) is 0. The Hall–Kier alpha value is -0.150. The van der Waals surface area contributed by atoms with Crippen LogP contribution in [0.3, 0.4) is 0 Å². The molecule has 1 unspecified atom stereocenters. The van der Waals surface area contributed by atoms with Crippen molar-refractivity contribution >= 4 is 0 Å². The molecule has 0 radical (unpaired) electrons. The quantitative estimate of drug-likeness (QED) is 0.635. The van der Waals surface area contributed by atoms with Crippen LogP contribution in [0.4, 0.5) is 4.39 Å². The Kier molecular flexibility index (Phi) is 6.46. The standard InChI is InChI=1S/C8H18FNO/c1-7(2)8(6-11-3)10-5-4-9/h7-8,10H,4-6H2,1-3H3. The van der Waals surface area contributed by atoms with Crippen LogP contribution in [-0.4, -0.2) is 33.0 Å². The van der Waals surface area contributed by atoms with Gasteiger partial charge in [-0.2, -0.15) is 0 Å². The van der Waals surface area contributed by atoms with Crippen LogP contribution in [0.5, 0.6) is 0 Å². The first-order chi connectivity index (χ1) is 5.22. The van der Waals surface area contributed by atoms with E-state index < -0.39 is 0 Å². The molecule has 68 valence electrons. The van der Waals surface area contributed by atoms with Gasteiger partial charge < -0.3 is 10.1 Å². The van der Waals surface area contributed by atoms with E-state index in [1.807, 2.05) is 0 Å². The Bertz CT molecular complexity index is 88.2. The molecule has 11 heavy (non-hydrogen) atoms. The molecule has 0 aliphatic carbocycles. The molecule has 0 aromatic carbocycles. The van der Waals surface area contributed by atoms with E-state index in [1.54, 1.807) is 7.11 Å². The summed E-state index contributed by atoms with van der Waals surface area (Å²) in [6.07, 6.45) is 0. The minimum atomic E-state index is -0.313. The zero-order valence-electron chi connectivity index (χ0n) is 7.56. The molecule has 0 aromatic heterocycles. The summed E-state index contributed by atoms with van der Waals surface area (Å²) in [4.78, 5) is 0. The summed E-state index contributed by atoms with van der Waals surface area (Å²) in [5, 5.41) is 3.07. The first-order valence-electron chi connectivity index (χ1n) is 4.00. The second kappa shape index (κ2) is 6.55. The molecule has 0 aliphatic rings. The van der Waals surface area contributed by atoms with Gasteiger partial charge in [0, 0.05) is 19.7 Å². The van der Waals surface area contributed by atoms with E-state index in [1.165, 1.54) is 0 Å². The molecule has 0 spiro atoms. The van der Waals surface area contributed by atoms with Gasteiger partial charge in [-0.1, -0.05) is 13.8 Å². The molecule has 1 atom stereocenters.